The molecule has 0 aliphatic carbocycles. The van der Waals surface area contributed by atoms with Crippen molar-refractivity contribution in [3.63, 3.8) is 0 Å². The number of hydrogen-bond donors (Lipinski definition) is 0. The molecule has 0 spiro atoms. The average Bonchev–Trinajstić information content (AvgIpc) is 2.29. The minimum atomic E-state index is -1.53. The van der Waals surface area contributed by atoms with Crippen molar-refractivity contribution < 1.29 is 17.6 Å². The summed E-state index contributed by atoms with van der Waals surface area (Å²) in [7, 11) is 0. The van der Waals surface area contributed by atoms with Crippen molar-refractivity contribution in [2.45, 2.75) is 6.42 Å². The molecule has 0 saturated carbocycles. The van der Waals surface area contributed by atoms with Crippen LogP contribution in [0.25, 0.3) is 0 Å². The van der Waals surface area contributed by atoms with Gasteiger partial charge in [0.05, 0.1) is 0 Å². The average molecular weight is 272 g/mol. The lowest BCUT2D eigenvalue weighted by molar-refractivity contribution is 0.437. The molecule has 0 atom stereocenters. The van der Waals surface area contributed by atoms with Crippen LogP contribution in [0, 0.1) is 30.2 Å². The van der Waals surface area contributed by atoms with Crippen LogP contribution in [0.3, 0.4) is 0 Å². The van der Waals surface area contributed by atoms with Crippen molar-refractivity contribution in [2.75, 3.05) is 0 Å². The Balaban J connectivity index is 3.40. The minimum absolute atomic E-state index is 0.143. The van der Waals surface area contributed by atoms with Crippen LogP contribution in [-0.4, -0.2) is 0 Å². The first kappa shape index (κ1) is 13.3. The first-order chi connectivity index (χ1) is 7.40. The molecule has 0 unspecified atom stereocenters. The highest BCUT2D eigenvalue weighted by molar-refractivity contribution is 6.36. The Kier molecular flexibility index (Phi) is 4.21. The van der Waals surface area contributed by atoms with Crippen molar-refractivity contribution >= 4 is 23.2 Å². The predicted molar refractivity (Wildman–Crippen MR) is 54.2 cm³/mol. The van der Waals surface area contributed by atoms with Gasteiger partial charge in [0.1, 0.15) is 0 Å². The van der Waals surface area contributed by atoms with Crippen LogP contribution in [0.1, 0.15) is 11.1 Å². The molecule has 0 N–H and O–H groups in total. The SMILES string of the molecule is [CH2]c1c(F)c(F)c(C/C(Cl)=C\Cl)c(F)c1F. The Morgan fingerprint density at radius 3 is 1.88 bits per heavy atom. The van der Waals surface area contributed by atoms with E-state index in [1.165, 1.54) is 0 Å². The number of halogens is 6. The largest absolute Gasteiger partial charge is 0.203 e. The van der Waals surface area contributed by atoms with Crippen molar-refractivity contribution in [3.8, 4) is 0 Å². The van der Waals surface area contributed by atoms with E-state index in [1.807, 2.05) is 0 Å². The summed E-state index contributed by atoms with van der Waals surface area (Å²) in [4.78, 5) is 0. The first-order valence-corrected chi connectivity index (χ1v) is 4.83. The fourth-order valence-corrected chi connectivity index (χ4v) is 1.30. The van der Waals surface area contributed by atoms with Gasteiger partial charge in [-0.1, -0.05) is 23.2 Å². The maximum Gasteiger partial charge on any atom is 0.165 e. The van der Waals surface area contributed by atoms with Crippen LogP contribution < -0.4 is 0 Å². The smallest absolute Gasteiger partial charge is 0.165 e. The van der Waals surface area contributed by atoms with Gasteiger partial charge in [-0.2, -0.15) is 0 Å². The highest BCUT2D eigenvalue weighted by atomic mass is 35.5. The van der Waals surface area contributed by atoms with Crippen LogP contribution in [0.15, 0.2) is 10.6 Å². The number of rotatable bonds is 2. The van der Waals surface area contributed by atoms with Gasteiger partial charge in [0.15, 0.2) is 23.3 Å². The highest BCUT2D eigenvalue weighted by Gasteiger charge is 2.23. The highest BCUT2D eigenvalue weighted by Crippen LogP contribution is 2.26. The van der Waals surface area contributed by atoms with Gasteiger partial charge in [0, 0.05) is 28.1 Å². The molecule has 0 fully saturated rings. The van der Waals surface area contributed by atoms with E-state index in [0.29, 0.717) is 0 Å². The summed E-state index contributed by atoms with van der Waals surface area (Å²) in [6, 6.07) is 0. The molecule has 16 heavy (non-hydrogen) atoms. The molecule has 1 rings (SSSR count). The third-order valence-electron chi connectivity index (χ3n) is 1.91. The summed E-state index contributed by atoms with van der Waals surface area (Å²) in [5.74, 6) is -6.10. The molecule has 1 radical (unpaired) electrons. The van der Waals surface area contributed by atoms with E-state index in [0.717, 1.165) is 5.54 Å². The van der Waals surface area contributed by atoms with Crippen molar-refractivity contribution in [2.24, 2.45) is 0 Å². The summed E-state index contributed by atoms with van der Waals surface area (Å²) in [5, 5.41) is -0.143. The van der Waals surface area contributed by atoms with Gasteiger partial charge in [-0.25, -0.2) is 17.6 Å². The zero-order chi connectivity index (χ0) is 12.5. The summed E-state index contributed by atoms with van der Waals surface area (Å²) in [6.45, 7) is 2.88. The summed E-state index contributed by atoms with van der Waals surface area (Å²) in [5.41, 5.74) is -0.914. The van der Waals surface area contributed by atoms with E-state index >= 15 is 0 Å². The third-order valence-corrected chi connectivity index (χ3v) is 2.53. The lowest BCUT2D eigenvalue weighted by Crippen LogP contribution is -2.06. The second-order valence-corrected chi connectivity index (χ2v) is 3.65. The molecular formula is C10H5Cl2F4. The third kappa shape index (κ3) is 2.33. The summed E-state index contributed by atoms with van der Waals surface area (Å²) >= 11 is 10.6. The van der Waals surface area contributed by atoms with E-state index in [4.69, 9.17) is 23.2 Å². The van der Waals surface area contributed by atoms with Gasteiger partial charge in [-0.15, -0.1) is 0 Å². The Hall–Kier alpha value is -0.740. The van der Waals surface area contributed by atoms with Gasteiger partial charge in [-0.3, -0.25) is 0 Å². The van der Waals surface area contributed by atoms with Gasteiger partial charge in [0.25, 0.3) is 0 Å². The molecule has 0 aliphatic heterocycles. The Labute approximate surface area is 99.5 Å². The molecule has 0 bridgehead atoms. The van der Waals surface area contributed by atoms with E-state index in [2.05, 4.69) is 6.92 Å². The second-order valence-electron chi connectivity index (χ2n) is 2.95. The molecule has 0 aliphatic rings. The van der Waals surface area contributed by atoms with Gasteiger partial charge >= 0.3 is 0 Å². The molecular weight excluding hydrogens is 267 g/mol. The topological polar surface area (TPSA) is 0 Å². The van der Waals surface area contributed by atoms with Crippen LogP contribution in [0.2, 0.25) is 0 Å². The Morgan fingerprint density at radius 2 is 1.50 bits per heavy atom. The zero-order valence-electron chi connectivity index (χ0n) is 7.76. The van der Waals surface area contributed by atoms with E-state index in [-0.39, 0.29) is 5.03 Å². The maximum atomic E-state index is 13.2. The summed E-state index contributed by atoms with van der Waals surface area (Å²) < 4.78 is 52.6. The van der Waals surface area contributed by atoms with Gasteiger partial charge in [0.2, 0.25) is 0 Å². The van der Waals surface area contributed by atoms with E-state index < -0.39 is 40.8 Å². The van der Waals surface area contributed by atoms with E-state index in [9.17, 15) is 17.6 Å². The monoisotopic (exact) mass is 271 g/mol. The van der Waals surface area contributed by atoms with Gasteiger partial charge in [-0.05, 0) is 6.92 Å². The van der Waals surface area contributed by atoms with Crippen LogP contribution in [0.4, 0.5) is 17.6 Å². The maximum absolute atomic E-state index is 13.2. The quantitative estimate of drug-likeness (QED) is 0.556. The van der Waals surface area contributed by atoms with Crippen LogP contribution >= 0.6 is 23.2 Å². The fourth-order valence-electron chi connectivity index (χ4n) is 1.09. The molecule has 87 valence electrons. The summed E-state index contributed by atoms with van der Waals surface area (Å²) in [6.07, 6.45) is -0.531. The lowest BCUT2D eigenvalue weighted by Gasteiger charge is -2.08. The molecule has 0 amide bonds. The molecule has 1 aromatic rings. The Bertz CT molecular complexity index is 426. The second kappa shape index (κ2) is 5.06. The molecule has 0 nitrogen and oxygen atoms in total. The van der Waals surface area contributed by atoms with Crippen molar-refractivity contribution in [1.29, 1.82) is 0 Å². The Morgan fingerprint density at radius 1 is 1.06 bits per heavy atom. The fraction of sp³-hybridized carbons (Fsp3) is 0.100. The molecule has 0 heterocycles. The molecule has 6 heteroatoms. The normalized spacial score (nSPS) is 12.1. The van der Waals surface area contributed by atoms with Crippen molar-refractivity contribution in [1.82, 2.24) is 0 Å². The zero-order valence-corrected chi connectivity index (χ0v) is 9.27. The molecule has 0 saturated heterocycles. The molecule has 1 aromatic carbocycles. The van der Waals surface area contributed by atoms with Gasteiger partial charge < -0.3 is 0 Å². The lowest BCUT2D eigenvalue weighted by atomic mass is 10.1. The van der Waals surface area contributed by atoms with Crippen molar-refractivity contribution in [3.05, 3.63) is 51.9 Å². The minimum Gasteiger partial charge on any atom is -0.203 e. The standard InChI is InChI=1S/C10H5Cl2F4/c1-4-7(13)9(15)6(2-5(12)3-11)10(16)8(4)14/h3H,1-2H2/b5-3+. The number of hydrogen-bond acceptors (Lipinski definition) is 0. The first-order valence-electron chi connectivity index (χ1n) is 4.01. The predicted octanol–water partition coefficient (Wildman–Crippen LogP) is 4.29. The van der Waals surface area contributed by atoms with Crippen LogP contribution in [-0.2, 0) is 6.42 Å². The number of allylic oxidation sites excluding steroid dienone is 1. The van der Waals surface area contributed by atoms with E-state index in [1.54, 1.807) is 0 Å². The van der Waals surface area contributed by atoms with Crippen LogP contribution in [0.5, 0.6) is 0 Å². The number of benzene rings is 1. The molecule has 0 aromatic heterocycles.